The molecule has 3 heterocycles. The van der Waals surface area contributed by atoms with Crippen molar-refractivity contribution in [2.24, 2.45) is 23.7 Å². The number of carbonyl (C=O) groups is 2. The largest absolute Gasteiger partial charge is 0.459 e. The Kier molecular flexibility index (Phi) is 7.25. The number of hydrogen-bond donors (Lipinski definition) is 2. The molecule has 0 saturated carbocycles. The summed E-state index contributed by atoms with van der Waals surface area (Å²) in [6.45, 7) is 6.13. The van der Waals surface area contributed by atoms with Gasteiger partial charge in [-0.05, 0) is 80.3 Å². The van der Waals surface area contributed by atoms with E-state index in [0.29, 0.717) is 42.8 Å². The van der Waals surface area contributed by atoms with Gasteiger partial charge in [-0.1, -0.05) is 43.2 Å². The van der Waals surface area contributed by atoms with Crippen LogP contribution in [0.1, 0.15) is 51.6 Å². The Morgan fingerprint density at radius 2 is 1.89 bits per heavy atom. The molecule has 0 bridgehead atoms. The summed E-state index contributed by atoms with van der Waals surface area (Å²) in [5.41, 5.74) is 3.97. The van der Waals surface area contributed by atoms with E-state index in [9.17, 15) is 19.7 Å². The molecular weight excluding hydrogens is 469 g/mol. The van der Waals surface area contributed by atoms with Crippen LogP contribution in [0.15, 0.2) is 63.6 Å². The number of aliphatic hydroxyl groups is 1. The van der Waals surface area contributed by atoms with Crippen LogP contribution >= 0.6 is 0 Å². The van der Waals surface area contributed by atoms with Crippen LogP contribution in [0.5, 0.6) is 0 Å². The molecule has 2 amide bonds. The molecule has 2 saturated heterocycles. The number of imide groups is 1. The highest BCUT2D eigenvalue weighted by molar-refractivity contribution is 6.43. The first-order valence-corrected chi connectivity index (χ1v) is 13.1. The maximum Gasteiger partial charge on any atom is 0.455 e. The van der Waals surface area contributed by atoms with E-state index in [1.807, 2.05) is 37.3 Å². The fraction of sp³-hybridized carbons (Fsp3) is 0.448. The molecule has 5 rings (SSSR count). The summed E-state index contributed by atoms with van der Waals surface area (Å²) in [6, 6.07) is 12.7. The quantitative estimate of drug-likeness (QED) is 0.325. The molecule has 1 aliphatic carbocycles. The molecule has 1 aromatic heterocycles. The van der Waals surface area contributed by atoms with Gasteiger partial charge in [-0.15, -0.1) is 0 Å². The molecule has 2 aromatic rings. The zero-order chi connectivity index (χ0) is 26.3. The summed E-state index contributed by atoms with van der Waals surface area (Å²) >= 11 is 0. The molecule has 0 radical (unpaired) electrons. The minimum atomic E-state index is -0.985. The normalized spacial score (nSPS) is 26.3. The summed E-state index contributed by atoms with van der Waals surface area (Å²) < 4.78 is 11.7. The molecular formula is C29H34BNO6. The number of fused-ring (bicyclic) bond motifs is 3. The number of allylic oxidation sites excluding steroid dienone is 2. The summed E-state index contributed by atoms with van der Waals surface area (Å²) in [7, 11) is -0.985. The average molecular weight is 503 g/mol. The number of hydrogen-bond acceptors (Lipinski definition) is 6. The second-order valence-corrected chi connectivity index (χ2v) is 10.7. The maximum absolute atomic E-state index is 13.7. The number of nitrogens with zero attached hydrogens (tertiary/aromatic N) is 1. The van der Waals surface area contributed by atoms with Crippen LogP contribution in [0, 0.1) is 23.7 Å². The SMILES string of the molecule is C/C(=C\c1ccc(CO)o1)CC[C@H]1OB(O)C[C@H]2C1=C(C(C)C)C[C@H]1C(=O)N(c3ccccc3)C(=O)[C@H]12. The second kappa shape index (κ2) is 10.4. The van der Waals surface area contributed by atoms with Crippen molar-refractivity contribution >= 4 is 30.7 Å². The van der Waals surface area contributed by atoms with Crippen molar-refractivity contribution in [1.82, 2.24) is 0 Å². The van der Waals surface area contributed by atoms with Crippen molar-refractivity contribution in [3.8, 4) is 0 Å². The minimum absolute atomic E-state index is 0.140. The number of amides is 2. The van der Waals surface area contributed by atoms with Crippen LogP contribution in [0.3, 0.4) is 0 Å². The minimum Gasteiger partial charge on any atom is -0.459 e. The van der Waals surface area contributed by atoms with E-state index in [0.717, 1.165) is 11.1 Å². The molecule has 3 aliphatic rings. The van der Waals surface area contributed by atoms with Crippen molar-refractivity contribution < 1.29 is 28.8 Å². The van der Waals surface area contributed by atoms with Gasteiger partial charge in [0.2, 0.25) is 11.8 Å². The third-order valence-electron chi connectivity index (χ3n) is 7.98. The lowest BCUT2D eigenvalue weighted by molar-refractivity contribution is -0.122. The van der Waals surface area contributed by atoms with E-state index in [1.165, 1.54) is 10.5 Å². The first kappa shape index (κ1) is 25.7. The summed E-state index contributed by atoms with van der Waals surface area (Å²) in [5, 5.41) is 20.0. The molecule has 1 aromatic carbocycles. The van der Waals surface area contributed by atoms with Gasteiger partial charge in [-0.25, -0.2) is 0 Å². The fourth-order valence-corrected chi connectivity index (χ4v) is 6.31. The number of aliphatic hydroxyl groups excluding tert-OH is 1. The van der Waals surface area contributed by atoms with Gasteiger partial charge in [0.25, 0.3) is 0 Å². The van der Waals surface area contributed by atoms with Crippen LogP contribution in [-0.4, -0.2) is 35.2 Å². The number of furan rings is 1. The molecule has 4 atom stereocenters. The molecule has 37 heavy (non-hydrogen) atoms. The number of carbonyl (C=O) groups excluding carboxylic acids is 2. The Morgan fingerprint density at radius 1 is 1.14 bits per heavy atom. The van der Waals surface area contributed by atoms with Crippen molar-refractivity contribution in [3.63, 3.8) is 0 Å². The number of para-hydroxylation sites is 1. The topological polar surface area (TPSA) is 100 Å². The van der Waals surface area contributed by atoms with Gasteiger partial charge >= 0.3 is 7.12 Å². The van der Waals surface area contributed by atoms with E-state index in [2.05, 4.69) is 13.8 Å². The Balaban J connectivity index is 1.43. The summed E-state index contributed by atoms with van der Waals surface area (Å²) in [6.07, 6.45) is 3.84. The van der Waals surface area contributed by atoms with Gasteiger partial charge in [0.15, 0.2) is 0 Å². The zero-order valence-electron chi connectivity index (χ0n) is 21.6. The standard InChI is InChI=1S/C29H34BNO6/c1-17(2)22-14-23-27(29(34)31(28(23)33)19-7-5-4-6-8-19)24-15-30(35)37-25(26(22)24)12-9-18(3)13-20-10-11-21(16-32)36-20/h4-8,10-11,13,17,23-25,27,32,35H,9,12,14-16H2,1-3H3/b18-13+/t23-,24+,25-,27-/m1/s1. The zero-order valence-corrected chi connectivity index (χ0v) is 21.6. The molecule has 0 spiro atoms. The van der Waals surface area contributed by atoms with Gasteiger partial charge in [-0.3, -0.25) is 14.5 Å². The number of benzene rings is 1. The monoisotopic (exact) mass is 503 g/mol. The lowest BCUT2D eigenvalue weighted by Crippen LogP contribution is -2.46. The molecule has 7 nitrogen and oxygen atoms in total. The predicted octanol–water partition coefficient (Wildman–Crippen LogP) is 4.61. The fourth-order valence-electron chi connectivity index (χ4n) is 6.31. The van der Waals surface area contributed by atoms with Crippen LogP contribution < -0.4 is 4.90 Å². The van der Waals surface area contributed by atoms with Crippen molar-refractivity contribution in [3.05, 3.63) is 70.7 Å². The lowest BCUT2D eigenvalue weighted by Gasteiger charge is -2.44. The lowest BCUT2D eigenvalue weighted by atomic mass is 9.57. The Bertz CT molecular complexity index is 1230. The Hall–Kier alpha value is -2.94. The predicted molar refractivity (Wildman–Crippen MR) is 141 cm³/mol. The van der Waals surface area contributed by atoms with Gasteiger partial charge < -0.3 is 19.2 Å². The summed E-state index contributed by atoms with van der Waals surface area (Å²) in [5.74, 6) is -0.0360. The van der Waals surface area contributed by atoms with Gasteiger partial charge in [0, 0.05) is 0 Å². The van der Waals surface area contributed by atoms with E-state index in [4.69, 9.17) is 9.07 Å². The molecule has 2 aliphatic heterocycles. The Morgan fingerprint density at radius 3 is 2.57 bits per heavy atom. The van der Waals surface area contributed by atoms with Crippen molar-refractivity contribution in [2.75, 3.05) is 4.90 Å². The molecule has 2 N–H and O–H groups in total. The average Bonchev–Trinajstić information content (AvgIpc) is 3.43. The van der Waals surface area contributed by atoms with Crippen LogP contribution in [-0.2, 0) is 20.9 Å². The summed E-state index contributed by atoms with van der Waals surface area (Å²) in [4.78, 5) is 28.6. The van der Waals surface area contributed by atoms with E-state index in [1.54, 1.807) is 18.2 Å². The molecule has 0 unspecified atom stereocenters. The van der Waals surface area contributed by atoms with Crippen LogP contribution in [0.2, 0.25) is 6.32 Å². The van der Waals surface area contributed by atoms with Crippen LogP contribution in [0.4, 0.5) is 5.69 Å². The third-order valence-corrected chi connectivity index (χ3v) is 7.98. The number of rotatable bonds is 7. The van der Waals surface area contributed by atoms with Crippen molar-refractivity contribution in [1.29, 1.82) is 0 Å². The van der Waals surface area contributed by atoms with Gasteiger partial charge in [0.05, 0.1) is 23.6 Å². The molecule has 2 fully saturated rings. The first-order valence-electron chi connectivity index (χ1n) is 13.1. The van der Waals surface area contributed by atoms with E-state index >= 15 is 0 Å². The highest BCUT2D eigenvalue weighted by atomic mass is 16.5. The van der Waals surface area contributed by atoms with Crippen molar-refractivity contribution in [2.45, 2.75) is 59.1 Å². The van der Waals surface area contributed by atoms with Crippen LogP contribution in [0.25, 0.3) is 6.08 Å². The highest BCUT2D eigenvalue weighted by Crippen LogP contribution is 2.52. The van der Waals surface area contributed by atoms with Gasteiger partial charge in [-0.2, -0.15) is 0 Å². The Labute approximate surface area is 217 Å². The highest BCUT2D eigenvalue weighted by Gasteiger charge is 2.57. The van der Waals surface area contributed by atoms with E-state index < -0.39 is 19.0 Å². The molecule has 8 heteroatoms. The maximum atomic E-state index is 13.7. The first-order chi connectivity index (χ1) is 17.8. The molecule has 194 valence electrons. The second-order valence-electron chi connectivity index (χ2n) is 10.7. The smallest absolute Gasteiger partial charge is 0.455 e. The third kappa shape index (κ3) is 4.86. The number of anilines is 1. The van der Waals surface area contributed by atoms with E-state index in [-0.39, 0.29) is 36.4 Å². The van der Waals surface area contributed by atoms with Gasteiger partial charge in [0.1, 0.15) is 18.1 Å².